The van der Waals surface area contributed by atoms with E-state index in [-0.39, 0.29) is 18.0 Å². The van der Waals surface area contributed by atoms with Crippen LogP contribution in [0.4, 0.5) is 0 Å². The molecule has 0 spiro atoms. The third-order valence-corrected chi connectivity index (χ3v) is 2.51. The molecule has 0 aromatic carbocycles. The van der Waals surface area contributed by atoms with E-state index in [9.17, 15) is 13.2 Å². The first-order chi connectivity index (χ1) is 5.45. The van der Waals surface area contributed by atoms with E-state index in [2.05, 4.69) is 0 Å². The lowest BCUT2D eigenvalue weighted by atomic mass is 10.1. The van der Waals surface area contributed by atoms with Crippen LogP contribution in [0.15, 0.2) is 0 Å². The van der Waals surface area contributed by atoms with E-state index in [1.54, 1.807) is 0 Å². The van der Waals surface area contributed by atoms with Crippen molar-refractivity contribution in [2.75, 3.05) is 12.0 Å². The van der Waals surface area contributed by atoms with Gasteiger partial charge in [-0.1, -0.05) is 13.3 Å². The first kappa shape index (κ1) is 11.6. The van der Waals surface area contributed by atoms with Crippen molar-refractivity contribution >= 4 is 15.6 Å². The van der Waals surface area contributed by atoms with Gasteiger partial charge in [0, 0.05) is 19.1 Å². The van der Waals surface area contributed by atoms with Crippen molar-refractivity contribution in [3.63, 3.8) is 0 Å². The average Bonchev–Trinajstić information content (AvgIpc) is 1.95. The van der Waals surface area contributed by atoms with Gasteiger partial charge in [0.2, 0.25) is 0 Å². The summed E-state index contributed by atoms with van der Waals surface area (Å²) < 4.78 is 21.3. The Bertz CT molecular complexity index is 229. The number of Topliss-reactive ketones (excluding diaryl/α,β-unsaturated/α-hetero) is 1. The van der Waals surface area contributed by atoms with Gasteiger partial charge in [0.1, 0.15) is 15.6 Å². The van der Waals surface area contributed by atoms with E-state index < -0.39 is 9.84 Å². The molecule has 4 heteroatoms. The van der Waals surface area contributed by atoms with E-state index in [1.165, 1.54) is 0 Å². The summed E-state index contributed by atoms with van der Waals surface area (Å²) in [6.45, 7) is 2.00. The summed E-state index contributed by atoms with van der Waals surface area (Å²) in [6.07, 6.45) is 3.69. The Hall–Kier alpha value is -0.380. The SMILES string of the molecule is CCCCC(=O)CCS(C)(=O)=O. The molecule has 0 amide bonds. The number of hydrogen-bond donors (Lipinski definition) is 0. The number of carbonyl (C=O) groups excluding carboxylic acids is 1. The van der Waals surface area contributed by atoms with Crippen molar-refractivity contribution in [1.82, 2.24) is 0 Å². The highest BCUT2D eigenvalue weighted by atomic mass is 32.2. The fourth-order valence-electron chi connectivity index (χ4n) is 0.798. The molecule has 0 atom stereocenters. The monoisotopic (exact) mass is 192 g/mol. The zero-order chi connectivity index (χ0) is 9.61. The number of rotatable bonds is 6. The molecular weight excluding hydrogens is 176 g/mol. The van der Waals surface area contributed by atoms with Crippen molar-refractivity contribution in [2.45, 2.75) is 32.6 Å². The summed E-state index contributed by atoms with van der Waals surface area (Å²) in [5.41, 5.74) is 0. The Labute approximate surface area is 74.1 Å². The minimum absolute atomic E-state index is 0.00442. The molecule has 0 N–H and O–H groups in total. The molecule has 0 bridgehead atoms. The minimum Gasteiger partial charge on any atom is -0.300 e. The van der Waals surface area contributed by atoms with Crippen molar-refractivity contribution in [2.24, 2.45) is 0 Å². The molecule has 0 rings (SSSR count). The highest BCUT2D eigenvalue weighted by Crippen LogP contribution is 1.99. The highest BCUT2D eigenvalue weighted by Gasteiger charge is 2.06. The lowest BCUT2D eigenvalue weighted by Crippen LogP contribution is -2.08. The maximum atomic E-state index is 11.0. The lowest BCUT2D eigenvalue weighted by molar-refractivity contribution is -0.118. The largest absolute Gasteiger partial charge is 0.300 e. The van der Waals surface area contributed by atoms with Gasteiger partial charge in [-0.25, -0.2) is 8.42 Å². The second-order valence-electron chi connectivity index (χ2n) is 3.02. The van der Waals surface area contributed by atoms with E-state index in [4.69, 9.17) is 0 Å². The molecule has 12 heavy (non-hydrogen) atoms. The van der Waals surface area contributed by atoms with E-state index in [0.717, 1.165) is 19.1 Å². The van der Waals surface area contributed by atoms with Crippen LogP contribution in [-0.4, -0.2) is 26.2 Å². The van der Waals surface area contributed by atoms with Crippen LogP contribution in [0.3, 0.4) is 0 Å². The van der Waals surface area contributed by atoms with Gasteiger partial charge in [-0.15, -0.1) is 0 Å². The van der Waals surface area contributed by atoms with Crippen LogP contribution in [0.2, 0.25) is 0 Å². The number of sulfone groups is 1. The Balaban J connectivity index is 3.58. The van der Waals surface area contributed by atoms with Crippen molar-refractivity contribution in [3.05, 3.63) is 0 Å². The lowest BCUT2D eigenvalue weighted by Gasteiger charge is -1.97. The number of unbranched alkanes of at least 4 members (excludes halogenated alkanes) is 1. The Morgan fingerprint density at radius 3 is 2.25 bits per heavy atom. The van der Waals surface area contributed by atoms with Gasteiger partial charge in [-0.2, -0.15) is 0 Å². The molecule has 0 radical (unpaired) electrons. The highest BCUT2D eigenvalue weighted by molar-refractivity contribution is 7.90. The normalized spacial score (nSPS) is 11.5. The number of carbonyl (C=O) groups is 1. The van der Waals surface area contributed by atoms with E-state index in [0.29, 0.717) is 6.42 Å². The molecule has 72 valence electrons. The summed E-state index contributed by atoms with van der Waals surface area (Å²) in [6, 6.07) is 0. The molecule has 0 unspecified atom stereocenters. The Morgan fingerprint density at radius 2 is 1.83 bits per heavy atom. The maximum absolute atomic E-state index is 11.0. The Morgan fingerprint density at radius 1 is 1.25 bits per heavy atom. The Kier molecular flexibility index (Phi) is 5.13. The average molecular weight is 192 g/mol. The quantitative estimate of drug-likeness (QED) is 0.635. The van der Waals surface area contributed by atoms with Gasteiger partial charge in [-0.05, 0) is 6.42 Å². The summed E-state index contributed by atoms with van der Waals surface area (Å²) in [7, 11) is -2.97. The second-order valence-corrected chi connectivity index (χ2v) is 5.28. The predicted molar refractivity (Wildman–Crippen MR) is 48.9 cm³/mol. The van der Waals surface area contributed by atoms with Crippen LogP contribution in [0.1, 0.15) is 32.6 Å². The second kappa shape index (κ2) is 5.30. The third-order valence-electron chi connectivity index (χ3n) is 1.56. The molecule has 0 aliphatic rings. The smallest absolute Gasteiger partial charge is 0.147 e. The van der Waals surface area contributed by atoms with Crippen LogP contribution in [0.25, 0.3) is 0 Å². The topological polar surface area (TPSA) is 51.2 Å². The minimum atomic E-state index is -2.97. The van der Waals surface area contributed by atoms with Gasteiger partial charge in [-0.3, -0.25) is 4.79 Å². The molecule has 0 aliphatic carbocycles. The van der Waals surface area contributed by atoms with Gasteiger partial charge < -0.3 is 0 Å². The zero-order valence-electron chi connectivity index (χ0n) is 7.67. The number of hydrogen-bond acceptors (Lipinski definition) is 3. The van der Waals surface area contributed by atoms with Crippen molar-refractivity contribution in [1.29, 1.82) is 0 Å². The molecule has 0 saturated heterocycles. The molecular formula is C8H16O3S. The van der Waals surface area contributed by atoms with Crippen LogP contribution >= 0.6 is 0 Å². The molecule has 0 aromatic rings. The van der Waals surface area contributed by atoms with Crippen LogP contribution in [-0.2, 0) is 14.6 Å². The van der Waals surface area contributed by atoms with Crippen LogP contribution in [0.5, 0.6) is 0 Å². The standard InChI is InChI=1S/C8H16O3S/c1-3-4-5-8(9)6-7-12(2,10)11/h3-7H2,1-2H3. The first-order valence-corrected chi connectivity index (χ1v) is 6.21. The van der Waals surface area contributed by atoms with Crippen LogP contribution < -0.4 is 0 Å². The zero-order valence-corrected chi connectivity index (χ0v) is 8.49. The molecule has 0 saturated carbocycles. The summed E-state index contributed by atoms with van der Waals surface area (Å²) in [4.78, 5) is 11.0. The van der Waals surface area contributed by atoms with Crippen molar-refractivity contribution < 1.29 is 13.2 Å². The van der Waals surface area contributed by atoms with Gasteiger partial charge in [0.05, 0.1) is 5.75 Å². The summed E-state index contributed by atoms with van der Waals surface area (Å²) in [5, 5.41) is 0. The fraction of sp³-hybridized carbons (Fsp3) is 0.875. The molecule has 3 nitrogen and oxygen atoms in total. The third kappa shape index (κ3) is 7.72. The molecule has 0 fully saturated rings. The fourth-order valence-corrected chi connectivity index (χ4v) is 1.40. The van der Waals surface area contributed by atoms with E-state index >= 15 is 0 Å². The first-order valence-electron chi connectivity index (χ1n) is 4.15. The van der Waals surface area contributed by atoms with Gasteiger partial charge in [0.15, 0.2) is 0 Å². The molecule has 0 aliphatic heterocycles. The number of ketones is 1. The predicted octanol–water partition coefficient (Wildman–Crippen LogP) is 1.18. The summed E-state index contributed by atoms with van der Waals surface area (Å²) >= 11 is 0. The maximum Gasteiger partial charge on any atom is 0.147 e. The summed E-state index contributed by atoms with van der Waals surface area (Å²) in [5.74, 6) is 0.0532. The molecule has 0 aromatic heterocycles. The van der Waals surface area contributed by atoms with Gasteiger partial charge >= 0.3 is 0 Å². The van der Waals surface area contributed by atoms with E-state index in [1.807, 2.05) is 6.92 Å². The van der Waals surface area contributed by atoms with Crippen molar-refractivity contribution in [3.8, 4) is 0 Å². The van der Waals surface area contributed by atoms with Crippen LogP contribution in [0, 0.1) is 0 Å². The molecule has 0 heterocycles. The van der Waals surface area contributed by atoms with Gasteiger partial charge in [0.25, 0.3) is 0 Å².